The Morgan fingerprint density at radius 2 is 1.86 bits per heavy atom. The first kappa shape index (κ1) is 20.3. The molecule has 0 saturated heterocycles. The lowest BCUT2D eigenvalue weighted by atomic mass is 10.1. The van der Waals surface area contributed by atoms with Crippen molar-refractivity contribution in [1.82, 2.24) is 15.6 Å². The standard InChI is InChI=1S/C23H25FN4O/c1-25-23(27-13-11-18-6-4-8-20(24)14-18)28-16-19-7-5-10-22(15-19)29-17-21-9-2-3-12-26-21/h2-10,12,14-15H,11,13,16-17H2,1H3,(H2,25,27,28). The van der Waals surface area contributed by atoms with E-state index in [1.165, 1.54) is 6.07 Å². The molecule has 0 spiro atoms. The van der Waals surface area contributed by atoms with Crippen LogP contribution in [0.3, 0.4) is 0 Å². The van der Waals surface area contributed by atoms with Crippen molar-refractivity contribution in [3.63, 3.8) is 0 Å². The zero-order valence-corrected chi connectivity index (χ0v) is 16.4. The predicted octanol–water partition coefficient (Wildman–Crippen LogP) is 3.71. The summed E-state index contributed by atoms with van der Waals surface area (Å²) in [5, 5.41) is 6.53. The maximum Gasteiger partial charge on any atom is 0.191 e. The van der Waals surface area contributed by atoms with Crippen LogP contribution in [0.1, 0.15) is 16.8 Å². The van der Waals surface area contributed by atoms with E-state index < -0.39 is 0 Å². The van der Waals surface area contributed by atoms with E-state index in [1.54, 1.807) is 25.4 Å². The molecule has 5 nitrogen and oxygen atoms in total. The van der Waals surface area contributed by atoms with Crippen molar-refractivity contribution in [2.45, 2.75) is 19.6 Å². The van der Waals surface area contributed by atoms with Gasteiger partial charge in [-0.25, -0.2) is 4.39 Å². The summed E-state index contributed by atoms with van der Waals surface area (Å²) in [7, 11) is 1.73. The number of aromatic nitrogens is 1. The van der Waals surface area contributed by atoms with E-state index in [9.17, 15) is 4.39 Å². The Morgan fingerprint density at radius 1 is 1.00 bits per heavy atom. The number of hydrogen-bond acceptors (Lipinski definition) is 3. The van der Waals surface area contributed by atoms with Crippen LogP contribution in [0.5, 0.6) is 5.75 Å². The van der Waals surface area contributed by atoms with Gasteiger partial charge in [0, 0.05) is 26.3 Å². The average Bonchev–Trinajstić information content (AvgIpc) is 2.76. The van der Waals surface area contributed by atoms with Gasteiger partial charge in [0.05, 0.1) is 5.69 Å². The van der Waals surface area contributed by atoms with Gasteiger partial charge in [-0.3, -0.25) is 9.98 Å². The fourth-order valence-electron chi connectivity index (χ4n) is 2.81. The smallest absolute Gasteiger partial charge is 0.191 e. The lowest BCUT2D eigenvalue weighted by molar-refractivity contribution is 0.301. The predicted molar refractivity (Wildman–Crippen MR) is 113 cm³/mol. The molecule has 0 saturated carbocycles. The Labute approximate surface area is 170 Å². The molecule has 0 bridgehead atoms. The average molecular weight is 392 g/mol. The minimum Gasteiger partial charge on any atom is -0.487 e. The van der Waals surface area contributed by atoms with Crippen molar-refractivity contribution < 1.29 is 9.13 Å². The number of benzene rings is 2. The fourth-order valence-corrected chi connectivity index (χ4v) is 2.81. The Morgan fingerprint density at radius 3 is 2.66 bits per heavy atom. The third-order valence-corrected chi connectivity index (χ3v) is 4.29. The molecule has 0 unspecified atom stereocenters. The Balaban J connectivity index is 1.45. The SMILES string of the molecule is CN=C(NCCc1cccc(F)c1)NCc1cccc(OCc2ccccn2)c1. The molecule has 29 heavy (non-hydrogen) atoms. The molecule has 0 radical (unpaired) electrons. The molecule has 1 aromatic heterocycles. The van der Waals surface area contributed by atoms with Gasteiger partial charge in [0.2, 0.25) is 0 Å². The number of nitrogens with one attached hydrogen (secondary N) is 2. The summed E-state index contributed by atoms with van der Waals surface area (Å²) in [5.74, 6) is 1.28. The summed E-state index contributed by atoms with van der Waals surface area (Å²) in [6.45, 7) is 1.71. The van der Waals surface area contributed by atoms with Crippen molar-refractivity contribution in [2.75, 3.05) is 13.6 Å². The van der Waals surface area contributed by atoms with Crippen LogP contribution in [-0.2, 0) is 19.6 Å². The van der Waals surface area contributed by atoms with Gasteiger partial charge in [0.25, 0.3) is 0 Å². The Bertz CT molecular complexity index is 931. The van der Waals surface area contributed by atoms with Crippen molar-refractivity contribution in [1.29, 1.82) is 0 Å². The quantitative estimate of drug-likeness (QED) is 0.453. The van der Waals surface area contributed by atoms with E-state index >= 15 is 0 Å². The highest BCUT2D eigenvalue weighted by molar-refractivity contribution is 5.79. The summed E-state index contributed by atoms with van der Waals surface area (Å²) in [5.41, 5.74) is 2.92. The van der Waals surface area contributed by atoms with E-state index in [2.05, 4.69) is 20.6 Å². The molecule has 0 amide bonds. The molecule has 3 aromatic rings. The fraction of sp³-hybridized carbons (Fsp3) is 0.217. The zero-order valence-electron chi connectivity index (χ0n) is 16.4. The summed E-state index contributed by atoms with van der Waals surface area (Å²) in [6, 6.07) is 20.3. The van der Waals surface area contributed by atoms with Crippen molar-refractivity contribution in [3.8, 4) is 5.75 Å². The molecule has 6 heteroatoms. The number of pyridine rings is 1. The normalized spacial score (nSPS) is 11.2. The molecule has 1 heterocycles. The highest BCUT2D eigenvalue weighted by Crippen LogP contribution is 2.14. The van der Waals surface area contributed by atoms with E-state index in [0.29, 0.717) is 25.7 Å². The number of nitrogens with zero attached hydrogens (tertiary/aromatic N) is 2. The largest absolute Gasteiger partial charge is 0.487 e. The van der Waals surface area contributed by atoms with Crippen molar-refractivity contribution >= 4 is 5.96 Å². The summed E-state index contributed by atoms with van der Waals surface area (Å²) in [6.07, 6.45) is 2.47. The highest BCUT2D eigenvalue weighted by atomic mass is 19.1. The molecule has 3 rings (SSSR count). The van der Waals surface area contributed by atoms with Crippen LogP contribution in [0.4, 0.5) is 4.39 Å². The number of halogens is 1. The summed E-state index contributed by atoms with van der Waals surface area (Å²) < 4.78 is 19.1. The number of ether oxygens (including phenoxy) is 1. The maximum atomic E-state index is 13.2. The van der Waals surface area contributed by atoms with Crippen LogP contribution in [0, 0.1) is 5.82 Å². The van der Waals surface area contributed by atoms with Crippen LogP contribution in [0.2, 0.25) is 0 Å². The van der Waals surface area contributed by atoms with E-state index in [4.69, 9.17) is 4.74 Å². The van der Waals surface area contributed by atoms with Gasteiger partial charge in [-0.05, 0) is 53.9 Å². The van der Waals surface area contributed by atoms with E-state index in [-0.39, 0.29) is 5.82 Å². The molecule has 0 fully saturated rings. The first-order valence-electron chi connectivity index (χ1n) is 9.53. The van der Waals surface area contributed by atoms with Crippen LogP contribution in [0.15, 0.2) is 77.9 Å². The third-order valence-electron chi connectivity index (χ3n) is 4.29. The molecule has 0 atom stereocenters. The Hall–Kier alpha value is -3.41. The molecule has 2 N–H and O–H groups in total. The maximum absolute atomic E-state index is 13.2. The molecule has 0 aliphatic heterocycles. The molecule has 0 aliphatic carbocycles. The zero-order chi connectivity index (χ0) is 20.3. The van der Waals surface area contributed by atoms with Crippen LogP contribution < -0.4 is 15.4 Å². The first-order valence-corrected chi connectivity index (χ1v) is 9.53. The molecule has 2 aromatic carbocycles. The molecular formula is C23H25FN4O. The van der Waals surface area contributed by atoms with Gasteiger partial charge in [0.1, 0.15) is 18.2 Å². The van der Waals surface area contributed by atoms with Gasteiger partial charge in [0.15, 0.2) is 5.96 Å². The van der Waals surface area contributed by atoms with Crippen molar-refractivity contribution in [2.24, 2.45) is 4.99 Å². The first-order chi connectivity index (χ1) is 14.2. The number of rotatable bonds is 8. The lowest BCUT2D eigenvalue weighted by Gasteiger charge is -2.13. The number of guanidine groups is 1. The van der Waals surface area contributed by atoms with Crippen LogP contribution in [-0.4, -0.2) is 24.5 Å². The third kappa shape index (κ3) is 6.92. The van der Waals surface area contributed by atoms with Gasteiger partial charge in [-0.2, -0.15) is 0 Å². The number of aliphatic imine (C=N–C) groups is 1. The molecule has 0 aliphatic rings. The van der Waals surface area contributed by atoms with Gasteiger partial charge in [-0.1, -0.05) is 30.3 Å². The van der Waals surface area contributed by atoms with Gasteiger partial charge in [-0.15, -0.1) is 0 Å². The summed E-state index contributed by atoms with van der Waals surface area (Å²) >= 11 is 0. The minimum atomic E-state index is -0.213. The molecular weight excluding hydrogens is 367 g/mol. The van der Waals surface area contributed by atoms with Crippen LogP contribution >= 0.6 is 0 Å². The summed E-state index contributed by atoms with van der Waals surface area (Å²) in [4.78, 5) is 8.49. The highest BCUT2D eigenvalue weighted by Gasteiger charge is 2.02. The van der Waals surface area contributed by atoms with E-state index in [1.807, 2.05) is 48.5 Å². The van der Waals surface area contributed by atoms with E-state index in [0.717, 1.165) is 29.0 Å². The Kier molecular flexibility index (Phi) is 7.57. The lowest BCUT2D eigenvalue weighted by Crippen LogP contribution is -2.37. The molecule has 150 valence electrons. The second-order valence-corrected chi connectivity index (χ2v) is 6.49. The van der Waals surface area contributed by atoms with Crippen LogP contribution in [0.25, 0.3) is 0 Å². The number of hydrogen-bond donors (Lipinski definition) is 2. The monoisotopic (exact) mass is 392 g/mol. The second-order valence-electron chi connectivity index (χ2n) is 6.49. The van der Waals surface area contributed by atoms with Gasteiger partial charge < -0.3 is 15.4 Å². The van der Waals surface area contributed by atoms with Crippen molar-refractivity contribution in [3.05, 3.63) is 95.6 Å². The second kappa shape index (κ2) is 10.8. The van der Waals surface area contributed by atoms with Gasteiger partial charge >= 0.3 is 0 Å². The topological polar surface area (TPSA) is 58.5 Å². The minimum absolute atomic E-state index is 0.213.